The van der Waals surface area contributed by atoms with Crippen molar-refractivity contribution < 1.29 is 9.90 Å². The van der Waals surface area contributed by atoms with E-state index in [2.05, 4.69) is 15.3 Å². The third-order valence-electron chi connectivity index (χ3n) is 4.03. The molecule has 0 fully saturated rings. The van der Waals surface area contributed by atoms with Crippen LogP contribution in [0.2, 0.25) is 0 Å². The number of fused-ring (bicyclic) bond motifs is 1. The number of aliphatic imine (C=N–C) groups is 2. The van der Waals surface area contributed by atoms with Gasteiger partial charge in [0, 0.05) is 17.3 Å². The molecule has 126 valence electrons. The summed E-state index contributed by atoms with van der Waals surface area (Å²) in [5.74, 6) is -0.0157. The standard InChI is InChI=1S/C21H15N3O2/c25-19-8-4-1-5-14(19)13-22-15-9-11-16(12-10-15)23-20-17-6-2-3-7-18(17)24-21(20)26/h1-13,25H,(H,23,24,26). The third-order valence-corrected chi connectivity index (χ3v) is 4.03. The minimum absolute atomic E-state index is 0.185. The molecule has 0 radical (unpaired) electrons. The number of hydrogen-bond acceptors (Lipinski definition) is 4. The van der Waals surface area contributed by atoms with Gasteiger partial charge in [0.15, 0.2) is 0 Å². The van der Waals surface area contributed by atoms with Crippen LogP contribution in [0.3, 0.4) is 0 Å². The van der Waals surface area contributed by atoms with E-state index in [0.29, 0.717) is 17.0 Å². The Bertz CT molecular complexity index is 1040. The summed E-state index contributed by atoms with van der Waals surface area (Å²) >= 11 is 0. The maximum absolute atomic E-state index is 12.1. The molecule has 0 bridgehead atoms. The van der Waals surface area contributed by atoms with Gasteiger partial charge in [0.1, 0.15) is 11.5 Å². The average Bonchev–Trinajstić information content (AvgIpc) is 2.98. The van der Waals surface area contributed by atoms with Crippen LogP contribution < -0.4 is 5.32 Å². The molecule has 0 unspecified atom stereocenters. The Balaban J connectivity index is 1.57. The van der Waals surface area contributed by atoms with E-state index in [4.69, 9.17) is 0 Å². The monoisotopic (exact) mass is 341 g/mol. The highest BCUT2D eigenvalue weighted by Crippen LogP contribution is 2.26. The van der Waals surface area contributed by atoms with E-state index in [-0.39, 0.29) is 11.7 Å². The van der Waals surface area contributed by atoms with Gasteiger partial charge in [0.25, 0.3) is 5.91 Å². The quantitative estimate of drug-likeness (QED) is 0.700. The number of carbonyl (C=O) groups is 1. The number of phenols is 1. The average molecular weight is 341 g/mol. The molecule has 0 atom stereocenters. The maximum atomic E-state index is 12.1. The largest absolute Gasteiger partial charge is 0.507 e. The van der Waals surface area contributed by atoms with Crippen molar-refractivity contribution in [2.45, 2.75) is 0 Å². The van der Waals surface area contributed by atoms with E-state index in [1.807, 2.05) is 42.5 Å². The molecule has 0 saturated carbocycles. The number of aromatic hydroxyl groups is 1. The van der Waals surface area contributed by atoms with Crippen molar-refractivity contribution in [1.82, 2.24) is 0 Å². The van der Waals surface area contributed by atoms with Crippen molar-refractivity contribution in [1.29, 1.82) is 0 Å². The first-order chi connectivity index (χ1) is 12.7. The van der Waals surface area contributed by atoms with Crippen LogP contribution in [0.4, 0.5) is 17.1 Å². The fraction of sp³-hybridized carbons (Fsp3) is 0. The second kappa shape index (κ2) is 6.64. The lowest BCUT2D eigenvalue weighted by Gasteiger charge is -2.00. The zero-order valence-electron chi connectivity index (χ0n) is 13.8. The molecule has 2 N–H and O–H groups in total. The molecule has 1 aliphatic heterocycles. The summed E-state index contributed by atoms with van der Waals surface area (Å²) in [6, 6.07) is 21.7. The van der Waals surface area contributed by atoms with Gasteiger partial charge in [0.2, 0.25) is 0 Å². The molecule has 1 amide bonds. The summed E-state index contributed by atoms with van der Waals surface area (Å²) in [7, 11) is 0. The first-order valence-corrected chi connectivity index (χ1v) is 8.12. The summed E-state index contributed by atoms with van der Waals surface area (Å²) < 4.78 is 0. The Hall–Kier alpha value is -3.73. The van der Waals surface area contributed by atoms with Crippen LogP contribution in [0.5, 0.6) is 5.75 Å². The molecule has 5 nitrogen and oxygen atoms in total. The molecule has 0 saturated heterocycles. The van der Waals surface area contributed by atoms with Gasteiger partial charge in [0.05, 0.1) is 17.1 Å². The Kier molecular flexibility index (Phi) is 4.03. The molecule has 1 aliphatic rings. The van der Waals surface area contributed by atoms with Crippen LogP contribution in [0.25, 0.3) is 0 Å². The zero-order chi connectivity index (χ0) is 17.9. The van der Waals surface area contributed by atoms with Gasteiger partial charge in [-0.15, -0.1) is 0 Å². The highest BCUT2D eigenvalue weighted by molar-refractivity contribution is 6.54. The number of phenolic OH excluding ortho intramolecular Hbond substituents is 1. The lowest BCUT2D eigenvalue weighted by atomic mass is 10.1. The first-order valence-electron chi connectivity index (χ1n) is 8.12. The number of amides is 1. The third kappa shape index (κ3) is 3.10. The van der Waals surface area contributed by atoms with Crippen LogP contribution in [0.15, 0.2) is 82.8 Å². The van der Waals surface area contributed by atoms with Gasteiger partial charge in [-0.3, -0.25) is 9.79 Å². The second-order valence-corrected chi connectivity index (χ2v) is 5.79. The molecule has 3 aromatic carbocycles. The Morgan fingerprint density at radius 3 is 2.35 bits per heavy atom. The number of anilines is 1. The van der Waals surface area contributed by atoms with Crippen molar-refractivity contribution in [3.63, 3.8) is 0 Å². The summed E-state index contributed by atoms with van der Waals surface area (Å²) in [5, 5.41) is 12.6. The topological polar surface area (TPSA) is 74.0 Å². The molecule has 0 spiro atoms. The molecule has 4 rings (SSSR count). The summed E-state index contributed by atoms with van der Waals surface area (Å²) in [6.07, 6.45) is 1.61. The second-order valence-electron chi connectivity index (χ2n) is 5.79. The van der Waals surface area contributed by atoms with E-state index in [9.17, 15) is 9.90 Å². The van der Waals surface area contributed by atoms with Crippen LogP contribution in [0, 0.1) is 0 Å². The van der Waals surface area contributed by atoms with Gasteiger partial charge in [-0.2, -0.15) is 0 Å². The summed E-state index contributed by atoms with van der Waals surface area (Å²) in [6.45, 7) is 0. The Morgan fingerprint density at radius 2 is 1.54 bits per heavy atom. The zero-order valence-corrected chi connectivity index (χ0v) is 13.8. The van der Waals surface area contributed by atoms with Crippen LogP contribution >= 0.6 is 0 Å². The van der Waals surface area contributed by atoms with Gasteiger partial charge >= 0.3 is 0 Å². The van der Waals surface area contributed by atoms with Gasteiger partial charge in [-0.1, -0.05) is 30.3 Å². The van der Waals surface area contributed by atoms with E-state index >= 15 is 0 Å². The van der Waals surface area contributed by atoms with Crippen molar-refractivity contribution >= 4 is 34.9 Å². The fourth-order valence-corrected chi connectivity index (χ4v) is 2.70. The lowest BCUT2D eigenvalue weighted by Crippen LogP contribution is -2.13. The minimum atomic E-state index is -0.201. The fourth-order valence-electron chi connectivity index (χ4n) is 2.70. The number of hydrogen-bond donors (Lipinski definition) is 2. The highest BCUT2D eigenvalue weighted by Gasteiger charge is 2.25. The van der Waals surface area contributed by atoms with Gasteiger partial charge in [-0.05, 0) is 42.5 Å². The molecule has 26 heavy (non-hydrogen) atoms. The number of nitrogens with zero attached hydrogens (tertiary/aromatic N) is 2. The number of para-hydroxylation sites is 2. The van der Waals surface area contributed by atoms with E-state index in [0.717, 1.165) is 16.9 Å². The number of carbonyl (C=O) groups excluding carboxylic acids is 1. The lowest BCUT2D eigenvalue weighted by molar-refractivity contribution is -0.110. The van der Waals surface area contributed by atoms with Crippen molar-refractivity contribution in [3.8, 4) is 5.75 Å². The SMILES string of the molecule is O=C1Nc2ccccc2C1=Nc1ccc(N=Cc2ccccc2O)cc1. The van der Waals surface area contributed by atoms with E-state index in [1.54, 1.807) is 36.5 Å². The van der Waals surface area contributed by atoms with Crippen molar-refractivity contribution in [2.24, 2.45) is 9.98 Å². The predicted octanol–water partition coefficient (Wildman–Crippen LogP) is 4.22. The number of benzene rings is 3. The molecule has 0 aromatic heterocycles. The molecule has 1 heterocycles. The van der Waals surface area contributed by atoms with Crippen molar-refractivity contribution in [2.75, 3.05) is 5.32 Å². The van der Waals surface area contributed by atoms with Crippen LogP contribution in [-0.4, -0.2) is 22.9 Å². The Labute approximate surface area is 150 Å². The maximum Gasteiger partial charge on any atom is 0.275 e. The van der Waals surface area contributed by atoms with Crippen LogP contribution in [-0.2, 0) is 4.79 Å². The smallest absolute Gasteiger partial charge is 0.275 e. The molecule has 5 heteroatoms. The molecule has 0 aliphatic carbocycles. The summed E-state index contributed by atoms with van der Waals surface area (Å²) in [5.41, 5.74) is 4.04. The molecular formula is C21H15N3O2. The van der Waals surface area contributed by atoms with Gasteiger partial charge in [-0.25, -0.2) is 4.99 Å². The predicted molar refractivity (Wildman–Crippen MR) is 103 cm³/mol. The van der Waals surface area contributed by atoms with E-state index in [1.165, 1.54) is 0 Å². The number of rotatable bonds is 3. The van der Waals surface area contributed by atoms with E-state index < -0.39 is 0 Å². The normalized spacial score (nSPS) is 14.6. The molecule has 3 aromatic rings. The van der Waals surface area contributed by atoms with Crippen molar-refractivity contribution in [3.05, 3.63) is 83.9 Å². The minimum Gasteiger partial charge on any atom is -0.507 e. The highest BCUT2D eigenvalue weighted by atomic mass is 16.3. The van der Waals surface area contributed by atoms with Crippen LogP contribution in [0.1, 0.15) is 11.1 Å². The first kappa shape index (κ1) is 15.8. The molecular weight excluding hydrogens is 326 g/mol. The number of nitrogens with one attached hydrogen (secondary N) is 1. The van der Waals surface area contributed by atoms with Gasteiger partial charge < -0.3 is 10.4 Å². The summed E-state index contributed by atoms with van der Waals surface area (Å²) in [4.78, 5) is 20.9. The Morgan fingerprint density at radius 1 is 0.846 bits per heavy atom.